The molecule has 1 aromatic carbocycles. The van der Waals surface area contributed by atoms with Gasteiger partial charge in [-0.3, -0.25) is 33.8 Å². The molecule has 6 rings (SSSR count). The normalized spacial score (nSPS) is 21.2. The van der Waals surface area contributed by atoms with Crippen LogP contribution < -0.4 is 26.6 Å². The number of fused-ring (bicyclic) bond motifs is 1. The summed E-state index contributed by atoms with van der Waals surface area (Å²) in [7, 11) is 1.70. The van der Waals surface area contributed by atoms with Crippen LogP contribution in [0, 0.1) is 11.8 Å². The molecule has 5 N–H and O–H groups in total. The van der Waals surface area contributed by atoms with Crippen molar-refractivity contribution in [1.82, 2.24) is 46.0 Å². The Morgan fingerprint density at radius 1 is 0.859 bits per heavy atom. The molecule has 0 unspecified atom stereocenters. The van der Waals surface area contributed by atoms with Crippen molar-refractivity contribution in [3.05, 3.63) is 60.2 Å². The Kier molecular flexibility index (Phi) is 16.8. The lowest BCUT2D eigenvalue weighted by Crippen LogP contribution is -2.43. The van der Waals surface area contributed by atoms with Crippen LogP contribution in [0.5, 0.6) is 0 Å². The summed E-state index contributed by atoms with van der Waals surface area (Å²) in [5.41, 5.74) is 0.310. The summed E-state index contributed by atoms with van der Waals surface area (Å²) in [4.78, 5) is 91.6. The predicted octanol–water partition coefficient (Wildman–Crippen LogP) is 3.27. The van der Waals surface area contributed by atoms with Crippen LogP contribution in [0.2, 0.25) is 0 Å². The maximum atomic E-state index is 13.3. The second kappa shape index (κ2) is 22.6. The summed E-state index contributed by atoms with van der Waals surface area (Å²) in [6.07, 6.45) is 5.16. The number of pyridine rings is 1. The van der Waals surface area contributed by atoms with Crippen molar-refractivity contribution in [2.24, 2.45) is 11.8 Å². The van der Waals surface area contributed by atoms with Gasteiger partial charge in [0, 0.05) is 102 Å². The monoisotopic (exact) mass is 894 g/mol. The van der Waals surface area contributed by atoms with E-state index in [0.29, 0.717) is 89.7 Å². The van der Waals surface area contributed by atoms with E-state index in [9.17, 15) is 41.9 Å². The first-order valence-corrected chi connectivity index (χ1v) is 22.0. The van der Waals surface area contributed by atoms with E-state index in [2.05, 4.69) is 41.5 Å². The van der Waals surface area contributed by atoms with Gasteiger partial charge in [0.2, 0.25) is 35.4 Å². The predicted molar refractivity (Wildman–Crippen MR) is 228 cm³/mol. The van der Waals surface area contributed by atoms with Gasteiger partial charge in [-0.15, -0.1) is 0 Å². The minimum absolute atomic E-state index is 0.0508. The fraction of sp³-hybridized carbons (Fsp3) is 0.568. The Bertz CT molecular complexity index is 2100. The van der Waals surface area contributed by atoms with Crippen LogP contribution in [-0.2, 0) is 39.7 Å². The van der Waals surface area contributed by atoms with Crippen molar-refractivity contribution in [2.45, 2.75) is 94.9 Å². The highest BCUT2D eigenvalue weighted by Gasteiger charge is 2.42. The zero-order valence-corrected chi connectivity index (χ0v) is 36.0. The van der Waals surface area contributed by atoms with Gasteiger partial charge in [0.1, 0.15) is 18.2 Å². The lowest BCUT2D eigenvalue weighted by Gasteiger charge is -2.28. The number of anilines is 1. The van der Waals surface area contributed by atoms with E-state index in [1.54, 1.807) is 35.3 Å². The van der Waals surface area contributed by atoms with Crippen molar-refractivity contribution in [1.29, 1.82) is 0 Å². The zero-order valence-electron chi connectivity index (χ0n) is 36.0. The molecular formula is C44H57F3N10O7. The molecule has 2 aliphatic heterocycles. The SMILES string of the molecule is CN1C(=O)C[C@H](C(=O)NCCCOCCCNC(=O)CCCC(=O)N[C@H]2CC[C@@H](C(=O)NCCN3CC[C@H](Nc4ncnc5ccc(C(F)(F)F)cc45)C3=O)CC2)[C@H]1c1cccnc1. The molecule has 6 amide bonds. The van der Waals surface area contributed by atoms with Crippen molar-refractivity contribution in [2.75, 3.05) is 58.3 Å². The number of halogens is 3. The Labute approximate surface area is 369 Å². The number of benzene rings is 1. The molecule has 0 radical (unpaired) electrons. The van der Waals surface area contributed by atoms with E-state index >= 15 is 0 Å². The summed E-state index contributed by atoms with van der Waals surface area (Å²) in [5, 5.41) is 14.9. The van der Waals surface area contributed by atoms with E-state index in [4.69, 9.17) is 4.74 Å². The van der Waals surface area contributed by atoms with Crippen LogP contribution in [0.3, 0.4) is 0 Å². The number of hydrogen-bond donors (Lipinski definition) is 5. The van der Waals surface area contributed by atoms with Crippen LogP contribution in [0.15, 0.2) is 49.1 Å². The third-order valence-electron chi connectivity index (χ3n) is 12.0. The molecule has 1 saturated carbocycles. The molecule has 346 valence electrons. The van der Waals surface area contributed by atoms with Gasteiger partial charge in [-0.2, -0.15) is 13.2 Å². The largest absolute Gasteiger partial charge is 0.416 e. The fourth-order valence-electron chi connectivity index (χ4n) is 8.50. The molecule has 20 heteroatoms. The third-order valence-corrected chi connectivity index (χ3v) is 12.0. The standard InChI is InChI=1S/C44H57F3N10O7/c1-56-38(60)25-33(39(56)29-6-3-16-48-26-29)42(62)50-18-5-23-64-22-4-17-49-36(58)7-2-8-37(59)54-31-12-9-28(10-13-31)41(61)51-19-21-57-20-15-35(43(57)63)55-40-32-24-30(44(45,46)47)11-14-34(32)52-27-53-40/h3,6,11,14,16,24,26-28,31,33,35,39H,2,4-5,7-10,12-13,15,17-23,25H2,1H3,(H,49,58)(H,50,62)(H,51,61)(H,54,59)(H,52,53,55)/t28-,31+,33-,35-,39+/m0/s1. The van der Waals surface area contributed by atoms with E-state index in [0.717, 1.165) is 17.7 Å². The summed E-state index contributed by atoms with van der Waals surface area (Å²) < 4.78 is 45.6. The molecule has 3 aliphatic rings. The van der Waals surface area contributed by atoms with Gasteiger partial charge in [-0.05, 0) is 81.2 Å². The molecule has 2 aromatic heterocycles. The molecule has 64 heavy (non-hydrogen) atoms. The number of nitrogens with zero attached hydrogens (tertiary/aromatic N) is 5. The first-order valence-electron chi connectivity index (χ1n) is 22.0. The number of likely N-dealkylation sites (tertiary alicyclic amines) is 2. The van der Waals surface area contributed by atoms with E-state index in [1.165, 1.54) is 12.4 Å². The van der Waals surface area contributed by atoms with Crippen LogP contribution >= 0.6 is 0 Å². The quantitative estimate of drug-likeness (QED) is 0.0979. The van der Waals surface area contributed by atoms with Crippen molar-refractivity contribution in [3.8, 4) is 0 Å². The fourth-order valence-corrected chi connectivity index (χ4v) is 8.50. The van der Waals surface area contributed by atoms with Gasteiger partial charge in [0.05, 0.1) is 23.0 Å². The maximum Gasteiger partial charge on any atom is 0.416 e. The Hall–Kier alpha value is -5.92. The molecule has 0 spiro atoms. The minimum Gasteiger partial charge on any atom is -0.381 e. The number of ether oxygens (including phenoxy) is 1. The summed E-state index contributed by atoms with van der Waals surface area (Å²) >= 11 is 0. The lowest BCUT2D eigenvalue weighted by molar-refractivity contribution is -0.137. The first-order chi connectivity index (χ1) is 30.8. The van der Waals surface area contributed by atoms with Crippen LogP contribution in [0.25, 0.3) is 10.9 Å². The lowest BCUT2D eigenvalue weighted by atomic mass is 9.85. The molecule has 17 nitrogen and oxygen atoms in total. The van der Waals surface area contributed by atoms with Crippen molar-refractivity contribution >= 4 is 52.2 Å². The highest BCUT2D eigenvalue weighted by atomic mass is 19.4. The number of carbonyl (C=O) groups excluding carboxylic acids is 6. The van der Waals surface area contributed by atoms with Gasteiger partial charge < -0.3 is 41.1 Å². The number of amides is 6. The molecular weight excluding hydrogens is 838 g/mol. The van der Waals surface area contributed by atoms with Crippen LogP contribution in [-0.4, -0.2) is 125 Å². The minimum atomic E-state index is -4.54. The number of carbonyl (C=O) groups is 6. The smallest absolute Gasteiger partial charge is 0.381 e. The topological polar surface area (TPSA) is 217 Å². The van der Waals surface area contributed by atoms with Gasteiger partial charge in [-0.1, -0.05) is 6.07 Å². The van der Waals surface area contributed by atoms with Gasteiger partial charge in [0.15, 0.2) is 0 Å². The zero-order chi connectivity index (χ0) is 45.6. The molecule has 1 aliphatic carbocycles. The van der Waals surface area contributed by atoms with Crippen LogP contribution in [0.1, 0.15) is 87.8 Å². The van der Waals surface area contributed by atoms with Gasteiger partial charge in [0.25, 0.3) is 0 Å². The molecule has 4 heterocycles. The number of nitrogens with one attached hydrogen (secondary N) is 5. The Balaban J connectivity index is 0.757. The van der Waals surface area contributed by atoms with Gasteiger partial charge in [-0.25, -0.2) is 9.97 Å². The molecule has 2 saturated heterocycles. The molecule has 0 bridgehead atoms. The Morgan fingerprint density at radius 2 is 1.59 bits per heavy atom. The highest BCUT2D eigenvalue weighted by molar-refractivity contribution is 5.93. The Morgan fingerprint density at radius 3 is 2.33 bits per heavy atom. The maximum absolute atomic E-state index is 13.3. The van der Waals surface area contributed by atoms with Gasteiger partial charge >= 0.3 is 6.18 Å². The van der Waals surface area contributed by atoms with E-state index < -0.39 is 23.7 Å². The summed E-state index contributed by atoms with van der Waals surface area (Å²) in [5.74, 6) is -1.42. The average Bonchev–Trinajstić information content (AvgIpc) is 3.78. The number of rotatable bonds is 21. The highest BCUT2D eigenvalue weighted by Crippen LogP contribution is 2.37. The van der Waals surface area contributed by atoms with E-state index in [1.807, 2.05) is 6.07 Å². The summed E-state index contributed by atoms with van der Waals surface area (Å²) in [6, 6.07) is 5.77. The second-order valence-corrected chi connectivity index (χ2v) is 16.5. The summed E-state index contributed by atoms with van der Waals surface area (Å²) in [6.45, 7) is 2.69. The van der Waals surface area contributed by atoms with Crippen molar-refractivity contribution < 1.29 is 46.7 Å². The van der Waals surface area contributed by atoms with Crippen molar-refractivity contribution in [3.63, 3.8) is 0 Å². The third kappa shape index (κ3) is 13.1. The second-order valence-electron chi connectivity index (χ2n) is 16.5. The molecule has 3 atom stereocenters. The first kappa shape index (κ1) is 47.6. The van der Waals surface area contributed by atoms with Crippen LogP contribution in [0.4, 0.5) is 19.0 Å². The number of alkyl halides is 3. The average molecular weight is 895 g/mol. The van der Waals surface area contributed by atoms with E-state index in [-0.39, 0.29) is 97.0 Å². The number of aromatic nitrogens is 3. The molecule has 3 aromatic rings. The molecule has 3 fully saturated rings. The number of hydrogen-bond acceptors (Lipinski definition) is 11.